The van der Waals surface area contributed by atoms with Crippen molar-refractivity contribution in [2.75, 3.05) is 0 Å². The van der Waals surface area contributed by atoms with E-state index in [0.717, 1.165) is 12.5 Å². The summed E-state index contributed by atoms with van der Waals surface area (Å²) in [6.07, 6.45) is 5.70. The average Bonchev–Trinajstić information content (AvgIpc) is 2.81. The van der Waals surface area contributed by atoms with E-state index < -0.39 is 0 Å². The molecule has 0 aliphatic heterocycles. The van der Waals surface area contributed by atoms with E-state index in [0.29, 0.717) is 6.04 Å². The molecule has 0 amide bonds. The molecule has 0 heterocycles. The Morgan fingerprint density at radius 3 is 2.35 bits per heavy atom. The van der Waals surface area contributed by atoms with Crippen LogP contribution in [0.4, 0.5) is 0 Å². The molecule has 94 valence electrons. The van der Waals surface area contributed by atoms with Gasteiger partial charge in [0.05, 0.1) is 0 Å². The number of hydrogen-bond donors (Lipinski definition) is 1. The van der Waals surface area contributed by atoms with Gasteiger partial charge in [-0.1, -0.05) is 31.0 Å². The van der Waals surface area contributed by atoms with Crippen molar-refractivity contribution in [2.24, 2.45) is 5.92 Å². The molecule has 17 heavy (non-hydrogen) atoms. The lowest BCUT2D eigenvalue weighted by atomic mass is 9.98. The fourth-order valence-electron chi connectivity index (χ4n) is 3.01. The third kappa shape index (κ3) is 3.10. The molecule has 1 aliphatic rings. The second-order valence-electron chi connectivity index (χ2n) is 5.58. The van der Waals surface area contributed by atoms with Gasteiger partial charge in [0.1, 0.15) is 0 Å². The van der Waals surface area contributed by atoms with Gasteiger partial charge in [0.15, 0.2) is 0 Å². The predicted molar refractivity (Wildman–Crippen MR) is 74.2 cm³/mol. The summed E-state index contributed by atoms with van der Waals surface area (Å²) in [7, 11) is 0. The summed E-state index contributed by atoms with van der Waals surface area (Å²) in [6, 6.07) is 7.24. The summed E-state index contributed by atoms with van der Waals surface area (Å²) in [5.41, 5.74) is 4.31. The maximum atomic E-state index is 3.72. The third-order valence-corrected chi connectivity index (χ3v) is 4.35. The van der Waals surface area contributed by atoms with Gasteiger partial charge in [0.2, 0.25) is 0 Å². The molecule has 2 rings (SSSR count). The van der Waals surface area contributed by atoms with Crippen molar-refractivity contribution >= 4 is 0 Å². The van der Waals surface area contributed by atoms with Gasteiger partial charge in [-0.15, -0.1) is 0 Å². The first-order valence-electron chi connectivity index (χ1n) is 6.97. The molecule has 1 heteroatoms. The Hall–Kier alpha value is -0.820. The molecule has 1 aromatic rings. The Morgan fingerprint density at radius 2 is 1.76 bits per heavy atom. The molecule has 1 atom stereocenters. The zero-order chi connectivity index (χ0) is 12.3. The molecule has 1 N–H and O–H groups in total. The van der Waals surface area contributed by atoms with Crippen molar-refractivity contribution in [3.05, 3.63) is 34.9 Å². The van der Waals surface area contributed by atoms with Crippen LogP contribution in [0, 0.1) is 19.8 Å². The first-order chi connectivity index (χ1) is 8.18. The normalized spacial score (nSPS) is 18.5. The standard InChI is InChI=1S/C16H25N/c1-12-7-6-8-13(2)16(12)11-17-14(3)15-9-4-5-10-15/h6-8,14-15,17H,4-5,9-11H2,1-3H3. The summed E-state index contributed by atoms with van der Waals surface area (Å²) in [5, 5.41) is 3.72. The molecule has 0 radical (unpaired) electrons. The third-order valence-electron chi connectivity index (χ3n) is 4.35. The number of aryl methyl sites for hydroxylation is 2. The molecule has 0 aromatic heterocycles. The number of nitrogens with one attached hydrogen (secondary N) is 1. The Kier molecular flexibility index (Phi) is 4.22. The van der Waals surface area contributed by atoms with Crippen molar-refractivity contribution in [2.45, 2.75) is 59.0 Å². The highest BCUT2D eigenvalue weighted by molar-refractivity contribution is 5.33. The van der Waals surface area contributed by atoms with Gasteiger partial charge in [0.25, 0.3) is 0 Å². The van der Waals surface area contributed by atoms with Crippen LogP contribution >= 0.6 is 0 Å². The van der Waals surface area contributed by atoms with Crippen molar-refractivity contribution in [1.82, 2.24) is 5.32 Å². The number of rotatable bonds is 4. The number of benzene rings is 1. The molecule has 0 saturated heterocycles. The Bertz CT molecular complexity index is 344. The highest BCUT2D eigenvalue weighted by Gasteiger charge is 2.21. The van der Waals surface area contributed by atoms with Gasteiger partial charge < -0.3 is 5.32 Å². The molecule has 1 fully saturated rings. The van der Waals surface area contributed by atoms with E-state index in [9.17, 15) is 0 Å². The van der Waals surface area contributed by atoms with Crippen molar-refractivity contribution < 1.29 is 0 Å². The smallest absolute Gasteiger partial charge is 0.0213 e. The minimum Gasteiger partial charge on any atom is -0.310 e. The zero-order valence-corrected chi connectivity index (χ0v) is 11.4. The molecule has 1 saturated carbocycles. The van der Waals surface area contributed by atoms with E-state index in [2.05, 4.69) is 44.3 Å². The second-order valence-corrected chi connectivity index (χ2v) is 5.58. The minimum absolute atomic E-state index is 0.663. The fraction of sp³-hybridized carbons (Fsp3) is 0.625. The summed E-state index contributed by atoms with van der Waals surface area (Å²) in [4.78, 5) is 0. The van der Waals surface area contributed by atoms with Crippen LogP contribution in [-0.4, -0.2) is 6.04 Å². The zero-order valence-electron chi connectivity index (χ0n) is 11.4. The highest BCUT2D eigenvalue weighted by Crippen LogP contribution is 2.27. The van der Waals surface area contributed by atoms with Crippen LogP contribution in [0.1, 0.15) is 49.3 Å². The monoisotopic (exact) mass is 231 g/mol. The Morgan fingerprint density at radius 1 is 1.18 bits per heavy atom. The van der Waals surface area contributed by atoms with Crippen LogP contribution in [0.15, 0.2) is 18.2 Å². The molecular formula is C16H25N. The molecule has 1 nitrogen and oxygen atoms in total. The van der Waals surface area contributed by atoms with E-state index in [-0.39, 0.29) is 0 Å². The topological polar surface area (TPSA) is 12.0 Å². The maximum absolute atomic E-state index is 3.72. The Balaban J connectivity index is 1.92. The predicted octanol–water partition coefficient (Wildman–Crippen LogP) is 3.97. The maximum Gasteiger partial charge on any atom is 0.0213 e. The molecular weight excluding hydrogens is 206 g/mol. The summed E-state index contributed by atoms with van der Waals surface area (Å²) in [5.74, 6) is 0.902. The first-order valence-corrected chi connectivity index (χ1v) is 6.97. The summed E-state index contributed by atoms with van der Waals surface area (Å²) in [6.45, 7) is 7.80. The fourth-order valence-corrected chi connectivity index (χ4v) is 3.01. The van der Waals surface area contributed by atoms with Crippen LogP contribution in [-0.2, 0) is 6.54 Å². The molecule has 1 unspecified atom stereocenters. The highest BCUT2D eigenvalue weighted by atomic mass is 14.9. The van der Waals surface area contributed by atoms with Gasteiger partial charge in [-0.25, -0.2) is 0 Å². The minimum atomic E-state index is 0.663. The van der Waals surface area contributed by atoms with Crippen LogP contribution in [0.5, 0.6) is 0 Å². The largest absolute Gasteiger partial charge is 0.310 e. The van der Waals surface area contributed by atoms with E-state index in [4.69, 9.17) is 0 Å². The Labute approximate surface area is 106 Å². The van der Waals surface area contributed by atoms with Gasteiger partial charge in [-0.2, -0.15) is 0 Å². The lowest BCUT2D eigenvalue weighted by Crippen LogP contribution is -2.32. The average molecular weight is 231 g/mol. The summed E-state index contributed by atoms with van der Waals surface area (Å²) >= 11 is 0. The van der Waals surface area contributed by atoms with Gasteiger partial charge in [-0.05, 0) is 56.2 Å². The lowest BCUT2D eigenvalue weighted by Gasteiger charge is -2.21. The van der Waals surface area contributed by atoms with Crippen LogP contribution in [0.3, 0.4) is 0 Å². The second kappa shape index (κ2) is 5.68. The van der Waals surface area contributed by atoms with Crippen LogP contribution < -0.4 is 5.32 Å². The molecule has 1 aromatic carbocycles. The van der Waals surface area contributed by atoms with Crippen molar-refractivity contribution in [3.63, 3.8) is 0 Å². The van der Waals surface area contributed by atoms with Crippen molar-refractivity contribution in [1.29, 1.82) is 0 Å². The number of hydrogen-bond acceptors (Lipinski definition) is 1. The van der Waals surface area contributed by atoms with Gasteiger partial charge in [0, 0.05) is 12.6 Å². The molecule has 0 bridgehead atoms. The summed E-state index contributed by atoms with van der Waals surface area (Å²) < 4.78 is 0. The van der Waals surface area contributed by atoms with E-state index in [1.165, 1.54) is 42.4 Å². The van der Waals surface area contributed by atoms with Crippen LogP contribution in [0.25, 0.3) is 0 Å². The quantitative estimate of drug-likeness (QED) is 0.826. The first kappa shape index (κ1) is 12.6. The van der Waals surface area contributed by atoms with Gasteiger partial charge >= 0.3 is 0 Å². The SMILES string of the molecule is Cc1cccc(C)c1CNC(C)C1CCCC1. The van der Waals surface area contributed by atoms with E-state index in [1.54, 1.807) is 0 Å². The van der Waals surface area contributed by atoms with Gasteiger partial charge in [-0.3, -0.25) is 0 Å². The molecule has 0 spiro atoms. The lowest BCUT2D eigenvalue weighted by molar-refractivity contribution is 0.380. The van der Waals surface area contributed by atoms with E-state index in [1.807, 2.05) is 0 Å². The van der Waals surface area contributed by atoms with Crippen LogP contribution in [0.2, 0.25) is 0 Å². The van der Waals surface area contributed by atoms with Crippen molar-refractivity contribution in [3.8, 4) is 0 Å². The molecule has 1 aliphatic carbocycles. The van der Waals surface area contributed by atoms with E-state index >= 15 is 0 Å².